The fourth-order valence-corrected chi connectivity index (χ4v) is 6.73. The Hall–Kier alpha value is -0.210. The highest BCUT2D eigenvalue weighted by atomic mass is 32.2. The molecule has 0 spiro atoms. The van der Waals surface area contributed by atoms with Crippen molar-refractivity contribution >= 4 is 10.0 Å². The average molecular weight is 502 g/mol. The molecule has 0 atom stereocenters. The molecule has 2 heterocycles. The van der Waals surface area contributed by atoms with Crippen molar-refractivity contribution in [3.05, 3.63) is 0 Å². The molecule has 202 valence electrons. The minimum atomic E-state index is -3.08. The summed E-state index contributed by atoms with van der Waals surface area (Å²) in [5.41, 5.74) is 0. The molecule has 2 saturated heterocycles. The second-order valence-corrected chi connectivity index (χ2v) is 12.5. The Bertz CT molecular complexity index is 574. The Labute approximate surface area is 211 Å². The summed E-state index contributed by atoms with van der Waals surface area (Å²) in [6.45, 7) is 11.4. The van der Waals surface area contributed by atoms with Crippen LogP contribution in [-0.2, 0) is 14.8 Å². The number of morpholine rings is 1. The van der Waals surface area contributed by atoms with Gasteiger partial charge in [0.2, 0.25) is 10.0 Å². The molecular formula is C27H55N3O3S. The second kappa shape index (κ2) is 19.0. The molecule has 0 saturated carbocycles. The van der Waals surface area contributed by atoms with Gasteiger partial charge in [0.05, 0.1) is 19.0 Å². The lowest BCUT2D eigenvalue weighted by Crippen LogP contribution is -2.49. The Morgan fingerprint density at radius 3 is 1.50 bits per heavy atom. The average Bonchev–Trinajstić information content (AvgIpc) is 2.85. The predicted octanol–water partition coefficient (Wildman–Crippen LogP) is 5.14. The number of rotatable bonds is 20. The van der Waals surface area contributed by atoms with Gasteiger partial charge in [0, 0.05) is 39.3 Å². The van der Waals surface area contributed by atoms with Crippen LogP contribution in [0.25, 0.3) is 0 Å². The largest absolute Gasteiger partial charge is 0.379 e. The van der Waals surface area contributed by atoms with E-state index in [1.54, 1.807) is 4.31 Å². The summed E-state index contributed by atoms with van der Waals surface area (Å²) in [5, 5.41) is 0. The van der Waals surface area contributed by atoms with Crippen LogP contribution in [-0.4, -0.2) is 93.8 Å². The third kappa shape index (κ3) is 13.8. The fraction of sp³-hybridized carbons (Fsp3) is 1.00. The zero-order chi connectivity index (χ0) is 24.3. The maximum absolute atomic E-state index is 12.7. The first-order valence-electron chi connectivity index (χ1n) is 14.6. The molecule has 0 unspecified atom stereocenters. The molecular weight excluding hydrogens is 446 g/mol. The normalized spacial score (nSPS) is 19.1. The van der Waals surface area contributed by atoms with Crippen molar-refractivity contribution in [3.63, 3.8) is 0 Å². The van der Waals surface area contributed by atoms with Crippen LogP contribution < -0.4 is 0 Å². The number of nitrogens with zero attached hydrogens (tertiary/aromatic N) is 3. The quantitative estimate of drug-likeness (QED) is 0.216. The lowest BCUT2D eigenvalue weighted by atomic mass is 10.0. The molecule has 2 aliphatic heterocycles. The van der Waals surface area contributed by atoms with Crippen LogP contribution in [0.1, 0.15) is 103 Å². The van der Waals surface area contributed by atoms with Gasteiger partial charge >= 0.3 is 0 Å². The number of piperazine rings is 1. The molecule has 0 aromatic rings. The van der Waals surface area contributed by atoms with Crippen LogP contribution in [0.2, 0.25) is 0 Å². The molecule has 2 rings (SSSR count). The monoisotopic (exact) mass is 501 g/mol. The molecule has 6 nitrogen and oxygen atoms in total. The van der Waals surface area contributed by atoms with Crippen molar-refractivity contribution in [2.45, 2.75) is 103 Å². The number of ether oxygens (including phenoxy) is 1. The summed E-state index contributed by atoms with van der Waals surface area (Å²) in [6, 6.07) is 0. The van der Waals surface area contributed by atoms with Crippen LogP contribution in [0.5, 0.6) is 0 Å². The van der Waals surface area contributed by atoms with Crippen molar-refractivity contribution in [3.8, 4) is 0 Å². The molecule has 34 heavy (non-hydrogen) atoms. The minimum absolute atomic E-state index is 0.335. The molecule has 0 amide bonds. The Morgan fingerprint density at radius 2 is 1.00 bits per heavy atom. The summed E-state index contributed by atoms with van der Waals surface area (Å²) < 4.78 is 32.6. The smallest absolute Gasteiger partial charge is 0.214 e. The van der Waals surface area contributed by atoms with E-state index in [9.17, 15) is 8.42 Å². The zero-order valence-corrected chi connectivity index (χ0v) is 23.2. The van der Waals surface area contributed by atoms with E-state index in [1.807, 2.05) is 0 Å². The summed E-state index contributed by atoms with van der Waals surface area (Å²) in [7, 11) is -3.08. The van der Waals surface area contributed by atoms with E-state index in [0.717, 1.165) is 71.7 Å². The second-order valence-electron chi connectivity index (χ2n) is 10.5. The lowest BCUT2D eigenvalue weighted by molar-refractivity contribution is 0.0356. The molecule has 0 radical (unpaired) electrons. The van der Waals surface area contributed by atoms with Crippen LogP contribution in [0.4, 0.5) is 0 Å². The maximum Gasteiger partial charge on any atom is 0.214 e. The van der Waals surface area contributed by atoms with Crippen molar-refractivity contribution in [2.75, 3.05) is 71.3 Å². The van der Waals surface area contributed by atoms with Gasteiger partial charge in [-0.1, -0.05) is 90.4 Å². The number of hydrogen-bond donors (Lipinski definition) is 0. The third-order valence-electron chi connectivity index (χ3n) is 7.53. The number of sulfonamides is 1. The van der Waals surface area contributed by atoms with Gasteiger partial charge in [0.1, 0.15) is 0 Å². The van der Waals surface area contributed by atoms with Crippen LogP contribution in [0, 0.1) is 0 Å². The van der Waals surface area contributed by atoms with E-state index in [4.69, 9.17) is 4.74 Å². The maximum atomic E-state index is 12.7. The van der Waals surface area contributed by atoms with Crippen LogP contribution >= 0.6 is 0 Å². The van der Waals surface area contributed by atoms with Gasteiger partial charge in [0.25, 0.3) is 0 Å². The molecule has 0 N–H and O–H groups in total. The van der Waals surface area contributed by atoms with E-state index >= 15 is 0 Å². The SMILES string of the molecule is CCCCCCCCCCCCCCCCS(=O)(=O)N1CCN(CCCN2CCOCC2)CC1. The first kappa shape index (κ1) is 30.0. The van der Waals surface area contributed by atoms with Crippen LogP contribution in [0.15, 0.2) is 0 Å². The Kier molecular flexibility index (Phi) is 16.8. The van der Waals surface area contributed by atoms with E-state index in [-0.39, 0.29) is 0 Å². The Balaban J connectivity index is 1.40. The molecule has 0 bridgehead atoms. The standard InChI is InChI=1S/C27H55N3O3S/c1-2-3-4-5-6-7-8-9-10-11-12-13-14-15-27-34(31,32)30-21-19-28(20-22-30)17-16-18-29-23-25-33-26-24-29/h2-27H2,1H3. The predicted molar refractivity (Wildman–Crippen MR) is 144 cm³/mol. The molecule has 0 aromatic carbocycles. The van der Waals surface area contributed by atoms with Crippen molar-refractivity contribution in [1.82, 2.24) is 14.1 Å². The minimum Gasteiger partial charge on any atom is -0.379 e. The molecule has 2 fully saturated rings. The van der Waals surface area contributed by atoms with Gasteiger partial charge in [-0.15, -0.1) is 0 Å². The summed E-state index contributed by atoms with van der Waals surface area (Å²) in [6.07, 6.45) is 19.3. The van der Waals surface area contributed by atoms with Gasteiger partial charge in [-0.2, -0.15) is 4.31 Å². The van der Waals surface area contributed by atoms with Gasteiger partial charge in [-0.05, 0) is 25.9 Å². The van der Waals surface area contributed by atoms with Crippen molar-refractivity contribution in [2.24, 2.45) is 0 Å². The van der Waals surface area contributed by atoms with Crippen molar-refractivity contribution in [1.29, 1.82) is 0 Å². The zero-order valence-electron chi connectivity index (χ0n) is 22.4. The van der Waals surface area contributed by atoms with E-state index in [1.165, 1.54) is 77.0 Å². The molecule has 0 aliphatic carbocycles. The van der Waals surface area contributed by atoms with E-state index < -0.39 is 10.0 Å². The van der Waals surface area contributed by atoms with E-state index in [2.05, 4.69) is 16.7 Å². The Morgan fingerprint density at radius 1 is 0.559 bits per heavy atom. The van der Waals surface area contributed by atoms with Crippen molar-refractivity contribution < 1.29 is 13.2 Å². The topological polar surface area (TPSA) is 53.1 Å². The van der Waals surface area contributed by atoms with Crippen LogP contribution in [0.3, 0.4) is 0 Å². The fourth-order valence-electron chi connectivity index (χ4n) is 5.18. The first-order chi connectivity index (χ1) is 16.6. The summed E-state index contributed by atoms with van der Waals surface area (Å²) in [4.78, 5) is 4.90. The lowest BCUT2D eigenvalue weighted by Gasteiger charge is -2.34. The highest BCUT2D eigenvalue weighted by molar-refractivity contribution is 7.89. The highest BCUT2D eigenvalue weighted by Crippen LogP contribution is 2.15. The summed E-state index contributed by atoms with van der Waals surface area (Å²) >= 11 is 0. The molecule has 2 aliphatic rings. The van der Waals surface area contributed by atoms with Gasteiger partial charge in [0.15, 0.2) is 0 Å². The van der Waals surface area contributed by atoms with E-state index in [0.29, 0.717) is 18.8 Å². The van der Waals surface area contributed by atoms with Gasteiger partial charge < -0.3 is 9.64 Å². The summed E-state index contributed by atoms with van der Waals surface area (Å²) in [5.74, 6) is 0.335. The number of hydrogen-bond acceptors (Lipinski definition) is 5. The molecule has 7 heteroatoms. The molecule has 0 aromatic heterocycles. The van der Waals surface area contributed by atoms with Gasteiger partial charge in [-0.25, -0.2) is 8.42 Å². The highest BCUT2D eigenvalue weighted by Gasteiger charge is 2.26. The first-order valence-corrected chi connectivity index (χ1v) is 16.2. The number of unbranched alkanes of at least 4 members (excludes halogenated alkanes) is 13. The third-order valence-corrected chi connectivity index (χ3v) is 9.49. The van der Waals surface area contributed by atoms with Gasteiger partial charge in [-0.3, -0.25) is 4.90 Å².